The molecule has 0 spiro atoms. The van der Waals surface area contributed by atoms with Crippen LogP contribution in [0.15, 0.2) is 71.9 Å². The number of aliphatic hydroxyl groups excluding tert-OH is 1. The van der Waals surface area contributed by atoms with Gasteiger partial charge in [-0.2, -0.15) is 5.26 Å². The molecule has 218 valence electrons. The number of rotatable bonds is 10. The van der Waals surface area contributed by atoms with E-state index in [1.165, 1.54) is 3.97 Å². The fourth-order valence-electron chi connectivity index (χ4n) is 4.92. The van der Waals surface area contributed by atoms with E-state index in [0.29, 0.717) is 59.8 Å². The molecule has 10 heteroatoms. The van der Waals surface area contributed by atoms with Crippen molar-refractivity contribution in [1.29, 1.82) is 5.26 Å². The molecule has 5 rings (SSSR count). The monoisotopic (exact) mass is 586 g/mol. The molecule has 0 aliphatic carbocycles. The van der Waals surface area contributed by atoms with E-state index < -0.39 is 10.0 Å². The topological polar surface area (TPSA) is 118 Å². The van der Waals surface area contributed by atoms with E-state index in [1.54, 1.807) is 48.8 Å². The molecule has 0 amide bonds. The van der Waals surface area contributed by atoms with Gasteiger partial charge in [0, 0.05) is 49.3 Å². The maximum Gasteiger partial charge on any atom is 0.269 e. The fourth-order valence-corrected chi connectivity index (χ4v) is 6.24. The van der Waals surface area contributed by atoms with Crippen molar-refractivity contribution in [2.45, 2.75) is 30.8 Å². The highest BCUT2D eigenvalue weighted by molar-refractivity contribution is 7.90. The zero-order valence-electron chi connectivity index (χ0n) is 23.7. The molecule has 0 atom stereocenters. The van der Waals surface area contributed by atoms with E-state index in [0.717, 1.165) is 24.0 Å². The summed E-state index contributed by atoms with van der Waals surface area (Å²) in [6, 6.07) is 16.2. The largest absolute Gasteiger partial charge is 0.489 e. The molecule has 42 heavy (non-hydrogen) atoms. The first-order valence-corrected chi connectivity index (χ1v) is 15.3. The van der Waals surface area contributed by atoms with Crippen LogP contribution in [0.5, 0.6) is 5.75 Å². The van der Waals surface area contributed by atoms with Gasteiger partial charge < -0.3 is 19.5 Å². The number of likely N-dealkylation sites (N-methyl/N-ethyl adjacent to an activating group) is 1. The van der Waals surface area contributed by atoms with Gasteiger partial charge in [-0.15, -0.1) is 0 Å². The van der Waals surface area contributed by atoms with E-state index in [9.17, 15) is 13.7 Å². The average molecular weight is 587 g/mol. The third-order valence-corrected chi connectivity index (χ3v) is 8.96. The van der Waals surface area contributed by atoms with Gasteiger partial charge in [-0.05, 0) is 55.4 Å². The molecule has 1 saturated heterocycles. The van der Waals surface area contributed by atoms with E-state index >= 15 is 0 Å². The minimum Gasteiger partial charge on any atom is -0.489 e. The molecule has 1 fully saturated rings. The minimum absolute atomic E-state index is 0.0202. The first kappa shape index (κ1) is 29.5. The maximum atomic E-state index is 13.8. The van der Waals surface area contributed by atoms with E-state index in [2.05, 4.69) is 11.1 Å². The first-order chi connectivity index (χ1) is 20.3. The molecule has 0 unspecified atom stereocenters. The van der Waals surface area contributed by atoms with Crippen LogP contribution < -0.4 is 4.74 Å². The van der Waals surface area contributed by atoms with Crippen molar-refractivity contribution < 1.29 is 23.0 Å². The van der Waals surface area contributed by atoms with Crippen LogP contribution in [0.2, 0.25) is 0 Å². The molecule has 0 radical (unpaired) electrons. The third kappa shape index (κ3) is 6.40. The second-order valence-corrected chi connectivity index (χ2v) is 12.3. The Morgan fingerprint density at radius 2 is 1.95 bits per heavy atom. The van der Waals surface area contributed by atoms with Crippen LogP contribution >= 0.6 is 0 Å². The van der Waals surface area contributed by atoms with Crippen molar-refractivity contribution >= 4 is 27.1 Å². The van der Waals surface area contributed by atoms with Crippen molar-refractivity contribution in [3.05, 3.63) is 83.7 Å². The summed E-state index contributed by atoms with van der Waals surface area (Å²) in [5.41, 5.74) is 3.73. The number of nitriles is 1. The minimum atomic E-state index is -3.96. The Kier molecular flexibility index (Phi) is 9.04. The van der Waals surface area contributed by atoms with Gasteiger partial charge in [-0.1, -0.05) is 35.9 Å². The lowest BCUT2D eigenvalue weighted by Gasteiger charge is -2.23. The van der Waals surface area contributed by atoms with E-state index in [4.69, 9.17) is 14.6 Å². The molecule has 3 heterocycles. The normalized spacial score (nSPS) is 14.5. The van der Waals surface area contributed by atoms with E-state index in [-0.39, 0.29) is 17.6 Å². The highest BCUT2D eigenvalue weighted by atomic mass is 32.2. The SMILES string of the molecule is Cc1ccc(S(=O)(=O)n2cc(-c3ccc(OC4CCOCC4)c(C#N)c3)c3cc(C=CCN(C)CCO)cnc32)cc1. The number of benzene rings is 2. The fraction of sp³-hybridized carbons (Fsp3) is 0.312. The number of ether oxygens (including phenoxy) is 2. The van der Waals surface area contributed by atoms with Crippen LogP contribution in [0.1, 0.15) is 29.5 Å². The summed E-state index contributed by atoms with van der Waals surface area (Å²) in [6.45, 7) is 4.42. The van der Waals surface area contributed by atoms with Gasteiger partial charge in [0.15, 0.2) is 5.65 Å². The zero-order valence-corrected chi connectivity index (χ0v) is 24.5. The molecule has 2 aromatic carbocycles. The molecule has 9 nitrogen and oxygen atoms in total. The van der Waals surface area contributed by atoms with Gasteiger partial charge in [0.1, 0.15) is 17.9 Å². The Balaban J connectivity index is 1.59. The molecule has 0 saturated carbocycles. The molecule has 2 aromatic heterocycles. The van der Waals surface area contributed by atoms with Gasteiger partial charge in [0.25, 0.3) is 10.0 Å². The summed E-state index contributed by atoms with van der Waals surface area (Å²) < 4.78 is 40.4. The highest BCUT2D eigenvalue weighted by Gasteiger charge is 2.24. The quantitative estimate of drug-likeness (QED) is 0.286. The van der Waals surface area contributed by atoms with Gasteiger partial charge in [-0.3, -0.25) is 0 Å². The number of hydrogen-bond donors (Lipinski definition) is 1. The lowest BCUT2D eigenvalue weighted by molar-refractivity contribution is 0.0254. The van der Waals surface area contributed by atoms with Crippen LogP contribution in [0.25, 0.3) is 28.2 Å². The number of fused-ring (bicyclic) bond motifs is 1. The Bertz CT molecular complexity index is 1730. The predicted molar refractivity (Wildman–Crippen MR) is 162 cm³/mol. The number of nitrogens with zero attached hydrogens (tertiary/aromatic N) is 4. The van der Waals surface area contributed by atoms with Crippen molar-refractivity contribution in [3.8, 4) is 22.9 Å². The zero-order chi connectivity index (χ0) is 29.7. The Morgan fingerprint density at radius 3 is 2.67 bits per heavy atom. The Morgan fingerprint density at radius 1 is 1.19 bits per heavy atom. The van der Waals surface area contributed by atoms with Gasteiger partial charge in [0.05, 0.1) is 30.3 Å². The maximum absolute atomic E-state index is 13.8. The van der Waals surface area contributed by atoms with Crippen LogP contribution in [0, 0.1) is 18.3 Å². The van der Waals surface area contributed by atoms with Crippen molar-refractivity contribution in [3.63, 3.8) is 0 Å². The number of aliphatic hydroxyl groups is 1. The summed E-state index contributed by atoms with van der Waals surface area (Å²) >= 11 is 0. The lowest BCUT2D eigenvalue weighted by Crippen LogP contribution is -2.26. The van der Waals surface area contributed by atoms with Gasteiger partial charge >= 0.3 is 0 Å². The predicted octanol–water partition coefficient (Wildman–Crippen LogP) is 4.62. The lowest BCUT2D eigenvalue weighted by atomic mass is 10.0. The molecular formula is C32H34N4O5S. The molecule has 4 aromatic rings. The standard InChI is InChI=1S/C32H34N4O5S/c1-23-5-8-28(9-6-23)42(38,39)36-22-30(29-18-24(21-34-32(29)36)4-3-13-35(2)14-15-37)25-7-10-31(26(19-25)20-33)41-27-11-16-40-17-12-27/h3-10,18-19,21-22,27,37H,11-17H2,1-2H3. The number of hydrogen-bond acceptors (Lipinski definition) is 8. The van der Waals surface area contributed by atoms with Crippen molar-refractivity contribution in [1.82, 2.24) is 13.9 Å². The third-order valence-electron chi connectivity index (χ3n) is 7.29. The average Bonchev–Trinajstić information content (AvgIpc) is 3.38. The number of pyridine rings is 1. The smallest absolute Gasteiger partial charge is 0.269 e. The molecule has 1 N–H and O–H groups in total. The Hall–Kier alpha value is -4.01. The Labute approximate surface area is 246 Å². The summed E-state index contributed by atoms with van der Waals surface area (Å²) in [5.74, 6) is 0.498. The van der Waals surface area contributed by atoms with Crippen molar-refractivity contribution in [2.75, 3.05) is 40.0 Å². The second-order valence-electron chi connectivity index (χ2n) is 10.4. The summed E-state index contributed by atoms with van der Waals surface area (Å²) in [4.78, 5) is 6.72. The summed E-state index contributed by atoms with van der Waals surface area (Å²) in [5, 5.41) is 19.8. The van der Waals surface area contributed by atoms with Crippen molar-refractivity contribution in [2.24, 2.45) is 0 Å². The van der Waals surface area contributed by atoms with Crippen LogP contribution in [-0.2, 0) is 14.8 Å². The van der Waals surface area contributed by atoms with Crippen LogP contribution in [0.3, 0.4) is 0 Å². The first-order valence-electron chi connectivity index (χ1n) is 13.9. The van der Waals surface area contributed by atoms with Crippen LogP contribution in [0.4, 0.5) is 0 Å². The summed E-state index contributed by atoms with van der Waals surface area (Å²) in [7, 11) is -2.04. The molecule has 1 aliphatic rings. The van der Waals surface area contributed by atoms with Crippen LogP contribution in [-0.4, -0.2) is 73.4 Å². The second kappa shape index (κ2) is 12.9. The molecule has 0 bridgehead atoms. The number of aromatic nitrogens is 2. The van der Waals surface area contributed by atoms with Gasteiger partial charge in [0.2, 0.25) is 0 Å². The number of aryl methyl sites for hydroxylation is 1. The molecular weight excluding hydrogens is 552 g/mol. The van der Waals surface area contributed by atoms with E-state index in [1.807, 2.05) is 43.2 Å². The highest BCUT2D eigenvalue weighted by Crippen LogP contribution is 2.35. The summed E-state index contributed by atoms with van der Waals surface area (Å²) in [6.07, 6.45) is 8.60. The molecule has 1 aliphatic heterocycles. The van der Waals surface area contributed by atoms with Gasteiger partial charge in [-0.25, -0.2) is 17.4 Å².